The highest BCUT2D eigenvalue weighted by atomic mass is 16.5. The summed E-state index contributed by atoms with van der Waals surface area (Å²) < 4.78 is 5.03. The van der Waals surface area contributed by atoms with Crippen LogP contribution in [0.1, 0.15) is 41.4 Å². The zero-order chi connectivity index (χ0) is 14.1. The summed E-state index contributed by atoms with van der Waals surface area (Å²) >= 11 is 0. The van der Waals surface area contributed by atoms with Gasteiger partial charge in [0.1, 0.15) is 5.71 Å². The second-order valence-electron chi connectivity index (χ2n) is 4.86. The molecule has 1 aromatic heterocycles. The van der Waals surface area contributed by atoms with E-state index >= 15 is 0 Å². The van der Waals surface area contributed by atoms with Crippen LogP contribution in [0.15, 0.2) is 23.4 Å². The van der Waals surface area contributed by atoms with Crippen molar-refractivity contribution < 1.29 is 14.7 Å². The molecule has 0 saturated heterocycles. The number of hydrogen-bond donors (Lipinski definition) is 2. The largest absolute Gasteiger partial charge is 0.462 e. The number of aromatic amines is 1. The van der Waals surface area contributed by atoms with E-state index in [0.29, 0.717) is 17.9 Å². The number of H-pyrrole nitrogens is 1. The maximum absolute atomic E-state index is 11.8. The molecule has 1 aliphatic carbocycles. The molecular formula is C15H16N2O3. The molecular weight excluding hydrogens is 256 g/mol. The van der Waals surface area contributed by atoms with E-state index in [9.17, 15) is 4.79 Å². The Morgan fingerprint density at radius 3 is 3.05 bits per heavy atom. The average Bonchev–Trinajstić information content (AvgIpc) is 2.85. The van der Waals surface area contributed by atoms with Gasteiger partial charge in [0, 0.05) is 10.9 Å². The molecule has 2 N–H and O–H groups in total. The molecule has 0 fully saturated rings. The molecule has 5 nitrogen and oxygen atoms in total. The number of nitrogens with zero attached hydrogens (tertiary/aromatic N) is 1. The summed E-state index contributed by atoms with van der Waals surface area (Å²) in [6.07, 6.45) is 2.63. The standard InChI is InChI=1S/C15H16N2O3/c1-2-20-15(18)9-6-7-12-11(8-9)10-4-3-5-13(17-19)14(10)16-12/h6-8,16,19H,2-5H2,1H3. The molecule has 0 aliphatic heterocycles. The molecule has 3 rings (SSSR count). The molecule has 0 spiro atoms. The van der Waals surface area contributed by atoms with E-state index in [0.717, 1.165) is 41.4 Å². The molecule has 0 atom stereocenters. The summed E-state index contributed by atoms with van der Waals surface area (Å²) in [7, 11) is 0. The normalized spacial score (nSPS) is 16.4. The Balaban J connectivity index is 2.13. The molecule has 20 heavy (non-hydrogen) atoms. The lowest BCUT2D eigenvalue weighted by Gasteiger charge is -2.12. The molecule has 1 heterocycles. The van der Waals surface area contributed by atoms with Crippen LogP contribution in [-0.2, 0) is 11.2 Å². The van der Waals surface area contributed by atoms with Gasteiger partial charge in [0.2, 0.25) is 0 Å². The fourth-order valence-electron chi connectivity index (χ4n) is 2.75. The Morgan fingerprint density at radius 1 is 1.45 bits per heavy atom. The van der Waals surface area contributed by atoms with Crippen LogP contribution < -0.4 is 0 Å². The summed E-state index contributed by atoms with van der Waals surface area (Å²) in [5.74, 6) is -0.309. The van der Waals surface area contributed by atoms with Crippen molar-refractivity contribution in [2.75, 3.05) is 6.61 Å². The molecule has 0 saturated carbocycles. The van der Waals surface area contributed by atoms with Crippen LogP contribution in [0.5, 0.6) is 0 Å². The highest BCUT2D eigenvalue weighted by molar-refractivity contribution is 6.07. The lowest BCUT2D eigenvalue weighted by molar-refractivity contribution is 0.0526. The maximum Gasteiger partial charge on any atom is 0.338 e. The monoisotopic (exact) mass is 272 g/mol. The summed E-state index contributed by atoms with van der Waals surface area (Å²) in [5.41, 5.74) is 4.18. The lowest BCUT2D eigenvalue weighted by atomic mass is 9.93. The van der Waals surface area contributed by atoms with Gasteiger partial charge in [-0.25, -0.2) is 4.79 Å². The number of esters is 1. The van der Waals surface area contributed by atoms with Crippen LogP contribution in [-0.4, -0.2) is 28.5 Å². The number of carbonyl (C=O) groups excluding carboxylic acids is 1. The number of hydrogen-bond acceptors (Lipinski definition) is 4. The Labute approximate surface area is 116 Å². The zero-order valence-electron chi connectivity index (χ0n) is 11.3. The zero-order valence-corrected chi connectivity index (χ0v) is 11.3. The molecule has 5 heteroatoms. The van der Waals surface area contributed by atoms with Crippen molar-refractivity contribution in [2.45, 2.75) is 26.2 Å². The lowest BCUT2D eigenvalue weighted by Crippen LogP contribution is -2.11. The van der Waals surface area contributed by atoms with Crippen molar-refractivity contribution in [1.29, 1.82) is 0 Å². The van der Waals surface area contributed by atoms with Crippen LogP contribution in [0.3, 0.4) is 0 Å². The van der Waals surface area contributed by atoms with Gasteiger partial charge in [-0.15, -0.1) is 0 Å². The fraction of sp³-hybridized carbons (Fsp3) is 0.333. The summed E-state index contributed by atoms with van der Waals surface area (Å²) in [5, 5.41) is 13.4. The number of aryl methyl sites for hydroxylation is 1. The second-order valence-corrected chi connectivity index (χ2v) is 4.86. The van der Waals surface area contributed by atoms with E-state index in [-0.39, 0.29) is 5.97 Å². The first-order valence-electron chi connectivity index (χ1n) is 6.77. The highest BCUT2D eigenvalue weighted by Crippen LogP contribution is 2.30. The molecule has 0 radical (unpaired) electrons. The van der Waals surface area contributed by atoms with Gasteiger partial charge >= 0.3 is 5.97 Å². The van der Waals surface area contributed by atoms with Crippen molar-refractivity contribution in [3.05, 3.63) is 35.0 Å². The van der Waals surface area contributed by atoms with Crippen LogP contribution in [0.25, 0.3) is 10.9 Å². The summed E-state index contributed by atoms with van der Waals surface area (Å²) in [4.78, 5) is 15.1. The molecule has 2 aromatic rings. The third-order valence-corrected chi connectivity index (χ3v) is 3.67. The third-order valence-electron chi connectivity index (χ3n) is 3.67. The van der Waals surface area contributed by atoms with Crippen molar-refractivity contribution in [3.8, 4) is 0 Å². The molecule has 1 aliphatic rings. The van der Waals surface area contributed by atoms with Crippen LogP contribution in [0.2, 0.25) is 0 Å². The van der Waals surface area contributed by atoms with E-state index in [1.165, 1.54) is 0 Å². The number of ether oxygens (including phenoxy) is 1. The first kappa shape index (κ1) is 12.7. The number of nitrogens with one attached hydrogen (secondary N) is 1. The molecule has 0 unspecified atom stereocenters. The SMILES string of the molecule is CCOC(=O)c1ccc2[nH]c3c(c2c1)CCCC3=NO. The second kappa shape index (κ2) is 5.00. The Bertz CT molecular complexity index is 700. The molecule has 104 valence electrons. The minimum atomic E-state index is -0.309. The summed E-state index contributed by atoms with van der Waals surface area (Å²) in [6, 6.07) is 5.47. The first-order valence-corrected chi connectivity index (χ1v) is 6.77. The third kappa shape index (κ3) is 1.95. The number of aromatic nitrogens is 1. The van der Waals surface area contributed by atoms with Gasteiger partial charge in [0.05, 0.1) is 17.9 Å². The molecule has 0 amide bonds. The van der Waals surface area contributed by atoms with Crippen molar-refractivity contribution >= 4 is 22.6 Å². The van der Waals surface area contributed by atoms with Crippen LogP contribution in [0, 0.1) is 0 Å². The predicted molar refractivity (Wildman–Crippen MR) is 75.5 cm³/mol. The Kier molecular flexibility index (Phi) is 3.18. The van der Waals surface area contributed by atoms with Crippen LogP contribution in [0.4, 0.5) is 0 Å². The average molecular weight is 272 g/mol. The Morgan fingerprint density at radius 2 is 2.30 bits per heavy atom. The minimum Gasteiger partial charge on any atom is -0.462 e. The van der Waals surface area contributed by atoms with E-state index in [1.807, 2.05) is 12.1 Å². The first-order chi connectivity index (χ1) is 9.74. The van der Waals surface area contributed by atoms with Gasteiger partial charge in [-0.1, -0.05) is 5.16 Å². The van der Waals surface area contributed by atoms with Gasteiger partial charge < -0.3 is 14.9 Å². The van der Waals surface area contributed by atoms with E-state index in [4.69, 9.17) is 9.94 Å². The quantitative estimate of drug-likeness (QED) is 0.501. The molecule has 1 aromatic carbocycles. The number of rotatable bonds is 2. The van der Waals surface area contributed by atoms with Crippen molar-refractivity contribution in [1.82, 2.24) is 4.98 Å². The molecule has 0 bridgehead atoms. The van der Waals surface area contributed by atoms with Gasteiger partial charge in [-0.05, 0) is 49.9 Å². The van der Waals surface area contributed by atoms with E-state index in [2.05, 4.69) is 10.1 Å². The number of carbonyl (C=O) groups is 1. The number of oxime groups is 1. The summed E-state index contributed by atoms with van der Waals surface area (Å²) in [6.45, 7) is 2.15. The fourth-order valence-corrected chi connectivity index (χ4v) is 2.75. The predicted octanol–water partition coefficient (Wildman–Crippen LogP) is 2.86. The number of fused-ring (bicyclic) bond motifs is 3. The van der Waals surface area contributed by atoms with Crippen LogP contribution >= 0.6 is 0 Å². The van der Waals surface area contributed by atoms with Gasteiger partial charge in [-0.3, -0.25) is 0 Å². The topological polar surface area (TPSA) is 74.7 Å². The number of benzene rings is 1. The van der Waals surface area contributed by atoms with E-state index in [1.54, 1.807) is 13.0 Å². The highest BCUT2D eigenvalue weighted by Gasteiger charge is 2.21. The van der Waals surface area contributed by atoms with Crippen molar-refractivity contribution in [2.24, 2.45) is 5.16 Å². The van der Waals surface area contributed by atoms with Gasteiger partial charge in [0.25, 0.3) is 0 Å². The maximum atomic E-state index is 11.8. The van der Waals surface area contributed by atoms with Gasteiger partial charge in [0.15, 0.2) is 0 Å². The smallest absolute Gasteiger partial charge is 0.338 e. The van der Waals surface area contributed by atoms with Crippen molar-refractivity contribution in [3.63, 3.8) is 0 Å². The van der Waals surface area contributed by atoms with Gasteiger partial charge in [-0.2, -0.15) is 0 Å². The van der Waals surface area contributed by atoms with E-state index < -0.39 is 0 Å². The minimum absolute atomic E-state index is 0.309. The Hall–Kier alpha value is -2.30.